The Kier molecular flexibility index (Phi) is 13.5. The molecule has 0 heterocycles. The topological polar surface area (TPSA) is 131 Å². The molecule has 2 aromatic rings. The first-order valence-electron chi connectivity index (χ1n) is 14.1. The lowest BCUT2D eigenvalue weighted by Crippen LogP contribution is -2.39. The molecule has 2 aromatic carbocycles. The summed E-state index contributed by atoms with van der Waals surface area (Å²) in [6.45, 7) is 11.3. The van der Waals surface area contributed by atoms with Crippen LogP contribution in [0.25, 0.3) is 0 Å². The van der Waals surface area contributed by atoms with Crippen LogP contribution in [-0.4, -0.2) is 42.1 Å². The largest absolute Gasteiger partial charge is 0.458 e. The maximum Gasteiger partial charge on any atom is 0.338 e. The van der Waals surface area contributed by atoms with E-state index in [4.69, 9.17) is 24.7 Å². The van der Waals surface area contributed by atoms with E-state index < -0.39 is 42.1 Å². The Morgan fingerprint density at radius 3 is 1.80 bits per heavy atom. The van der Waals surface area contributed by atoms with Crippen LogP contribution in [-0.2, 0) is 30.3 Å². The zero-order chi connectivity index (χ0) is 30.5. The van der Waals surface area contributed by atoms with Crippen LogP contribution in [0.15, 0.2) is 48.5 Å². The minimum Gasteiger partial charge on any atom is -0.458 e. The van der Waals surface area contributed by atoms with E-state index in [-0.39, 0.29) is 30.8 Å². The number of nitrogens with two attached hydrogens (primary N) is 1. The van der Waals surface area contributed by atoms with Crippen molar-refractivity contribution in [2.45, 2.75) is 91.9 Å². The van der Waals surface area contributed by atoms with Gasteiger partial charge < -0.3 is 24.7 Å². The minimum absolute atomic E-state index is 0.0713. The Bertz CT molecular complexity index is 1160. The van der Waals surface area contributed by atoms with E-state index in [0.717, 1.165) is 0 Å². The maximum atomic E-state index is 12.7. The number of hydrogen-bond acceptors (Lipinski definition) is 9. The molecule has 9 nitrogen and oxygen atoms in total. The smallest absolute Gasteiger partial charge is 0.338 e. The van der Waals surface area contributed by atoms with Crippen LogP contribution in [0.3, 0.4) is 0 Å². The van der Waals surface area contributed by atoms with Crippen molar-refractivity contribution in [3.8, 4) is 11.5 Å². The van der Waals surface area contributed by atoms with Gasteiger partial charge in [-0.3, -0.25) is 14.4 Å². The SMILES string of the molecule is CC(C)CCC(=O)Oc1ccc(C[C@H](N)C(=O)O[C@@H](C)[C@H](C)OC(=O)c2ccccc2)cc1OC(=O)CCC(C)C. The van der Waals surface area contributed by atoms with Gasteiger partial charge in [-0.1, -0.05) is 52.0 Å². The average Bonchev–Trinajstić information content (AvgIpc) is 2.92. The van der Waals surface area contributed by atoms with Gasteiger partial charge in [0.1, 0.15) is 18.2 Å². The fraction of sp³-hybridized carbons (Fsp3) is 0.500. The van der Waals surface area contributed by atoms with Gasteiger partial charge in [0.2, 0.25) is 0 Å². The second-order valence-corrected chi connectivity index (χ2v) is 11.0. The van der Waals surface area contributed by atoms with E-state index in [1.165, 1.54) is 6.07 Å². The highest BCUT2D eigenvalue weighted by Crippen LogP contribution is 2.30. The third-order valence-electron chi connectivity index (χ3n) is 6.33. The molecule has 2 rings (SSSR count). The summed E-state index contributed by atoms with van der Waals surface area (Å²) < 4.78 is 21.9. The second-order valence-electron chi connectivity index (χ2n) is 11.0. The number of ether oxygens (including phenoxy) is 4. The summed E-state index contributed by atoms with van der Waals surface area (Å²) in [5, 5.41) is 0. The summed E-state index contributed by atoms with van der Waals surface area (Å²) in [4.78, 5) is 49.9. The molecule has 0 saturated carbocycles. The summed E-state index contributed by atoms with van der Waals surface area (Å²) in [6.07, 6.45) is 0.373. The first-order valence-corrected chi connectivity index (χ1v) is 14.1. The molecule has 0 aliphatic rings. The molecule has 0 aliphatic carbocycles. The molecule has 224 valence electrons. The van der Waals surface area contributed by atoms with E-state index in [0.29, 0.717) is 35.8 Å². The van der Waals surface area contributed by atoms with Crippen LogP contribution >= 0.6 is 0 Å². The fourth-order valence-corrected chi connectivity index (χ4v) is 3.61. The number of hydrogen-bond donors (Lipinski definition) is 1. The van der Waals surface area contributed by atoms with Gasteiger partial charge in [0, 0.05) is 12.8 Å². The van der Waals surface area contributed by atoms with Crippen molar-refractivity contribution in [3.63, 3.8) is 0 Å². The number of carbonyl (C=O) groups excluding carboxylic acids is 4. The number of carbonyl (C=O) groups is 4. The van der Waals surface area contributed by atoms with Crippen molar-refractivity contribution >= 4 is 23.9 Å². The molecule has 2 N–H and O–H groups in total. The third kappa shape index (κ3) is 12.1. The standard InChI is InChI=1S/C32H43NO8/c1-20(2)12-16-29(34)40-27-15-14-24(19-28(27)41-30(35)17-13-21(3)4)18-26(33)32(37)39-23(6)22(5)38-31(36)25-10-8-7-9-11-25/h7-11,14-15,19-23,26H,12-13,16-18,33H2,1-6H3/t22-,23-,26-/m0/s1. The fourth-order valence-electron chi connectivity index (χ4n) is 3.61. The highest BCUT2D eigenvalue weighted by Gasteiger charge is 2.25. The molecular weight excluding hydrogens is 526 g/mol. The molecule has 0 aliphatic heterocycles. The molecule has 0 radical (unpaired) electrons. The Balaban J connectivity index is 2.06. The maximum absolute atomic E-state index is 12.7. The van der Waals surface area contributed by atoms with Gasteiger partial charge in [-0.25, -0.2) is 4.79 Å². The summed E-state index contributed by atoms with van der Waals surface area (Å²) in [5.41, 5.74) is 7.11. The lowest BCUT2D eigenvalue weighted by atomic mass is 10.1. The molecule has 0 unspecified atom stereocenters. The van der Waals surface area contributed by atoms with Crippen molar-refractivity contribution in [1.29, 1.82) is 0 Å². The summed E-state index contributed by atoms with van der Waals surface area (Å²) in [7, 11) is 0. The monoisotopic (exact) mass is 569 g/mol. The van der Waals surface area contributed by atoms with Crippen LogP contribution in [0.1, 0.15) is 83.1 Å². The Morgan fingerprint density at radius 2 is 1.24 bits per heavy atom. The van der Waals surface area contributed by atoms with Gasteiger partial charge >= 0.3 is 23.9 Å². The van der Waals surface area contributed by atoms with Crippen LogP contribution in [0.2, 0.25) is 0 Å². The second kappa shape index (κ2) is 16.5. The normalized spacial score (nSPS) is 13.3. The van der Waals surface area contributed by atoms with Gasteiger partial charge in [-0.15, -0.1) is 0 Å². The zero-order valence-electron chi connectivity index (χ0n) is 24.9. The van der Waals surface area contributed by atoms with Gasteiger partial charge in [0.15, 0.2) is 11.5 Å². The van der Waals surface area contributed by atoms with Crippen molar-refractivity contribution in [1.82, 2.24) is 0 Å². The molecule has 0 spiro atoms. The number of rotatable bonds is 15. The summed E-state index contributed by atoms with van der Waals surface area (Å²) in [5.74, 6) is -1.22. The molecule has 0 amide bonds. The van der Waals surface area contributed by atoms with Crippen molar-refractivity contribution < 1.29 is 38.1 Å². The predicted octanol–water partition coefficient (Wildman–Crippen LogP) is 5.42. The van der Waals surface area contributed by atoms with Crippen molar-refractivity contribution in [2.75, 3.05) is 0 Å². The van der Waals surface area contributed by atoms with Crippen LogP contribution < -0.4 is 15.2 Å². The molecule has 9 heteroatoms. The van der Waals surface area contributed by atoms with Crippen molar-refractivity contribution in [3.05, 3.63) is 59.7 Å². The predicted molar refractivity (Wildman–Crippen MR) is 154 cm³/mol. The Hall–Kier alpha value is -3.72. The number of benzene rings is 2. The molecule has 3 atom stereocenters. The minimum atomic E-state index is -1.04. The van der Waals surface area contributed by atoms with E-state index in [1.54, 1.807) is 56.3 Å². The van der Waals surface area contributed by atoms with Gasteiger partial charge in [-0.05, 0) is 74.8 Å². The van der Waals surface area contributed by atoms with Gasteiger partial charge in [-0.2, -0.15) is 0 Å². The van der Waals surface area contributed by atoms with Crippen molar-refractivity contribution in [2.24, 2.45) is 17.6 Å². The van der Waals surface area contributed by atoms with Crippen LogP contribution in [0.4, 0.5) is 0 Å². The molecule has 0 saturated heterocycles. The Labute approximate surface area is 242 Å². The third-order valence-corrected chi connectivity index (χ3v) is 6.33. The number of esters is 4. The summed E-state index contributed by atoms with van der Waals surface area (Å²) >= 11 is 0. The molecular formula is C32H43NO8. The van der Waals surface area contributed by atoms with Crippen LogP contribution in [0, 0.1) is 11.8 Å². The summed E-state index contributed by atoms with van der Waals surface area (Å²) in [6, 6.07) is 12.2. The average molecular weight is 570 g/mol. The quantitative estimate of drug-likeness (QED) is 0.221. The first-order chi connectivity index (χ1) is 19.3. The molecule has 0 fully saturated rings. The molecule has 0 bridgehead atoms. The lowest BCUT2D eigenvalue weighted by Gasteiger charge is -2.22. The lowest BCUT2D eigenvalue weighted by molar-refractivity contribution is -0.155. The van der Waals surface area contributed by atoms with E-state index in [9.17, 15) is 19.2 Å². The Morgan fingerprint density at radius 1 is 0.707 bits per heavy atom. The van der Waals surface area contributed by atoms with E-state index in [1.807, 2.05) is 27.7 Å². The molecule has 41 heavy (non-hydrogen) atoms. The van der Waals surface area contributed by atoms with Gasteiger partial charge in [0.05, 0.1) is 5.56 Å². The highest BCUT2D eigenvalue weighted by molar-refractivity contribution is 5.89. The van der Waals surface area contributed by atoms with Gasteiger partial charge in [0.25, 0.3) is 0 Å². The van der Waals surface area contributed by atoms with E-state index >= 15 is 0 Å². The zero-order valence-corrected chi connectivity index (χ0v) is 24.9. The van der Waals surface area contributed by atoms with Crippen LogP contribution in [0.5, 0.6) is 11.5 Å². The van der Waals surface area contributed by atoms with E-state index in [2.05, 4.69) is 0 Å². The first kappa shape index (κ1) is 33.5. The molecule has 0 aromatic heterocycles. The highest BCUT2D eigenvalue weighted by atomic mass is 16.6.